The molecule has 0 aliphatic carbocycles. The topological polar surface area (TPSA) is 110 Å². The molecule has 0 fully saturated rings. The van der Waals surface area contributed by atoms with Crippen molar-refractivity contribution in [2.24, 2.45) is 0 Å². The van der Waals surface area contributed by atoms with E-state index in [1.165, 1.54) is 7.11 Å². The van der Waals surface area contributed by atoms with Crippen LogP contribution in [0.3, 0.4) is 0 Å². The zero-order valence-corrected chi connectivity index (χ0v) is 19.2. The highest BCUT2D eigenvalue weighted by Gasteiger charge is 2.25. The molecule has 174 valence electrons. The predicted octanol–water partition coefficient (Wildman–Crippen LogP) is 3.96. The van der Waals surface area contributed by atoms with E-state index < -0.39 is 23.7 Å². The smallest absolute Gasteiger partial charge is 0.412 e. The van der Waals surface area contributed by atoms with Gasteiger partial charge in [-0.1, -0.05) is 36.4 Å². The molecule has 0 spiro atoms. The molecule has 3 N–H and O–H groups in total. The van der Waals surface area contributed by atoms with Crippen LogP contribution in [-0.2, 0) is 31.9 Å². The normalized spacial score (nSPS) is 12.1. The number of hydrogen-bond acceptors (Lipinski definition) is 5. The van der Waals surface area contributed by atoms with Crippen molar-refractivity contribution in [3.63, 3.8) is 0 Å². The number of fused-ring (bicyclic) bond motifs is 1. The molecule has 3 rings (SSSR count). The number of anilines is 1. The van der Waals surface area contributed by atoms with Crippen LogP contribution in [0.25, 0.3) is 10.9 Å². The lowest BCUT2D eigenvalue weighted by molar-refractivity contribution is -0.145. The van der Waals surface area contributed by atoms with E-state index in [1.807, 2.05) is 36.4 Å². The summed E-state index contributed by atoms with van der Waals surface area (Å²) in [7, 11) is 1.28. The third kappa shape index (κ3) is 6.58. The van der Waals surface area contributed by atoms with Crippen LogP contribution in [0.15, 0.2) is 54.7 Å². The Morgan fingerprint density at radius 2 is 1.76 bits per heavy atom. The van der Waals surface area contributed by atoms with E-state index in [1.54, 1.807) is 39.1 Å². The van der Waals surface area contributed by atoms with Crippen LogP contribution in [0.5, 0.6) is 0 Å². The van der Waals surface area contributed by atoms with Gasteiger partial charge in [-0.3, -0.25) is 10.1 Å². The number of carbonyl (C=O) groups excluding carboxylic acids is 3. The summed E-state index contributed by atoms with van der Waals surface area (Å²) in [4.78, 5) is 40.5. The Hall–Kier alpha value is -3.81. The van der Waals surface area contributed by atoms with Crippen molar-refractivity contribution in [3.05, 3.63) is 65.9 Å². The van der Waals surface area contributed by atoms with Gasteiger partial charge in [-0.25, -0.2) is 9.59 Å². The number of carbonyl (C=O) groups is 3. The quantitative estimate of drug-likeness (QED) is 0.471. The molecular weight excluding hydrogens is 422 g/mol. The first-order valence-corrected chi connectivity index (χ1v) is 10.7. The minimum absolute atomic E-state index is 0.146. The van der Waals surface area contributed by atoms with E-state index >= 15 is 0 Å². The fourth-order valence-corrected chi connectivity index (χ4v) is 3.52. The number of aromatic amines is 1. The van der Waals surface area contributed by atoms with Crippen LogP contribution >= 0.6 is 0 Å². The second kappa shape index (κ2) is 10.2. The minimum Gasteiger partial charge on any atom is -0.467 e. The maximum absolute atomic E-state index is 12.6. The van der Waals surface area contributed by atoms with Crippen molar-refractivity contribution in [2.45, 2.75) is 45.3 Å². The largest absolute Gasteiger partial charge is 0.467 e. The Kier molecular flexibility index (Phi) is 7.37. The van der Waals surface area contributed by atoms with E-state index in [4.69, 9.17) is 9.47 Å². The Labute approximate surface area is 192 Å². The maximum atomic E-state index is 12.6. The number of amides is 2. The highest BCUT2D eigenvalue weighted by Crippen LogP contribution is 2.28. The van der Waals surface area contributed by atoms with Crippen LogP contribution in [-0.4, -0.2) is 41.7 Å². The fourth-order valence-electron chi connectivity index (χ4n) is 3.52. The van der Waals surface area contributed by atoms with E-state index in [-0.39, 0.29) is 18.7 Å². The van der Waals surface area contributed by atoms with E-state index in [2.05, 4.69) is 15.6 Å². The SMILES string of the molecule is COC(=O)[C@@H](Cc1c[nH]c2cccc(NC(=O)OC(C)(C)C)c12)NC(=O)Cc1ccccc1. The molecule has 0 unspecified atom stereocenters. The van der Waals surface area contributed by atoms with E-state index in [0.717, 1.165) is 22.0 Å². The molecule has 33 heavy (non-hydrogen) atoms. The molecule has 0 saturated carbocycles. The molecule has 1 heterocycles. The van der Waals surface area contributed by atoms with Crippen molar-refractivity contribution < 1.29 is 23.9 Å². The highest BCUT2D eigenvalue weighted by atomic mass is 16.6. The van der Waals surface area contributed by atoms with Crippen molar-refractivity contribution in [1.82, 2.24) is 10.3 Å². The number of benzene rings is 2. The van der Waals surface area contributed by atoms with Gasteiger partial charge in [0.05, 0.1) is 19.2 Å². The summed E-state index contributed by atoms with van der Waals surface area (Å²) in [5.74, 6) is -0.841. The molecule has 0 aliphatic heterocycles. The molecule has 0 bridgehead atoms. The van der Waals surface area contributed by atoms with Crippen molar-refractivity contribution in [3.8, 4) is 0 Å². The molecule has 0 radical (unpaired) electrons. The van der Waals surface area contributed by atoms with Gasteiger partial charge in [0.25, 0.3) is 0 Å². The molecule has 8 heteroatoms. The van der Waals surface area contributed by atoms with Gasteiger partial charge in [-0.05, 0) is 44.0 Å². The first-order chi connectivity index (χ1) is 15.7. The number of aromatic nitrogens is 1. The van der Waals surface area contributed by atoms with Crippen LogP contribution in [0, 0.1) is 0 Å². The lowest BCUT2D eigenvalue weighted by Gasteiger charge is -2.20. The summed E-state index contributed by atoms with van der Waals surface area (Å²) in [5, 5.41) is 6.28. The van der Waals surface area contributed by atoms with Crippen molar-refractivity contribution in [2.75, 3.05) is 12.4 Å². The summed E-state index contributed by atoms with van der Waals surface area (Å²) in [6.07, 6.45) is 1.50. The minimum atomic E-state index is -0.889. The first kappa shape index (κ1) is 23.8. The van der Waals surface area contributed by atoms with Gasteiger partial charge in [0.2, 0.25) is 5.91 Å². The average molecular weight is 452 g/mol. The van der Waals surface area contributed by atoms with E-state index in [0.29, 0.717) is 5.69 Å². The van der Waals surface area contributed by atoms with Gasteiger partial charge < -0.3 is 19.8 Å². The molecule has 0 aliphatic rings. The van der Waals surface area contributed by atoms with Crippen molar-refractivity contribution in [1.29, 1.82) is 0 Å². The number of ether oxygens (including phenoxy) is 2. The molecule has 8 nitrogen and oxygen atoms in total. The van der Waals surface area contributed by atoms with Crippen molar-refractivity contribution >= 4 is 34.6 Å². The number of methoxy groups -OCH3 is 1. The molecule has 3 aromatic rings. The standard InChI is InChI=1S/C25H29N3O5/c1-25(2,3)33-24(31)28-19-12-8-11-18-22(19)17(15-26-18)14-20(23(30)32-4)27-21(29)13-16-9-6-5-7-10-16/h5-12,15,20,26H,13-14H2,1-4H3,(H,27,29)(H,28,31)/t20-/m1/s1. The highest BCUT2D eigenvalue weighted by molar-refractivity contribution is 6.01. The van der Waals surface area contributed by atoms with Gasteiger partial charge in [0.1, 0.15) is 11.6 Å². The lowest BCUT2D eigenvalue weighted by Crippen LogP contribution is -2.43. The monoisotopic (exact) mass is 451 g/mol. The Morgan fingerprint density at radius 1 is 1.03 bits per heavy atom. The number of H-pyrrole nitrogens is 1. The summed E-state index contributed by atoms with van der Waals surface area (Å²) in [6, 6.07) is 13.8. The van der Waals surface area contributed by atoms with Crippen LogP contribution < -0.4 is 10.6 Å². The molecule has 1 atom stereocenters. The van der Waals surface area contributed by atoms with Gasteiger partial charge in [0.15, 0.2) is 0 Å². The lowest BCUT2D eigenvalue weighted by atomic mass is 10.0. The molecule has 2 aromatic carbocycles. The van der Waals surface area contributed by atoms with Gasteiger partial charge in [0, 0.05) is 23.5 Å². The zero-order chi connectivity index (χ0) is 24.0. The summed E-state index contributed by atoms with van der Waals surface area (Å²) < 4.78 is 10.3. The summed E-state index contributed by atoms with van der Waals surface area (Å²) in [6.45, 7) is 5.36. The summed E-state index contributed by atoms with van der Waals surface area (Å²) in [5.41, 5.74) is 2.26. The Balaban J connectivity index is 1.82. The summed E-state index contributed by atoms with van der Waals surface area (Å²) >= 11 is 0. The third-order valence-electron chi connectivity index (χ3n) is 4.88. The van der Waals surface area contributed by atoms with Gasteiger partial charge >= 0.3 is 12.1 Å². The number of nitrogens with one attached hydrogen (secondary N) is 3. The number of rotatable bonds is 7. The Bertz CT molecular complexity index is 1130. The van der Waals surface area contributed by atoms with Crippen LogP contribution in [0.4, 0.5) is 10.5 Å². The fraction of sp³-hybridized carbons (Fsp3) is 0.320. The first-order valence-electron chi connectivity index (χ1n) is 10.7. The zero-order valence-electron chi connectivity index (χ0n) is 19.2. The van der Waals surface area contributed by atoms with Crippen LogP contribution in [0.1, 0.15) is 31.9 Å². The van der Waals surface area contributed by atoms with Crippen LogP contribution in [0.2, 0.25) is 0 Å². The average Bonchev–Trinajstić information content (AvgIpc) is 3.16. The second-order valence-corrected chi connectivity index (χ2v) is 8.68. The Morgan fingerprint density at radius 3 is 2.42 bits per heavy atom. The second-order valence-electron chi connectivity index (χ2n) is 8.68. The maximum Gasteiger partial charge on any atom is 0.412 e. The molecular formula is C25H29N3O5. The van der Waals surface area contributed by atoms with Gasteiger partial charge in [-0.15, -0.1) is 0 Å². The number of esters is 1. The van der Waals surface area contributed by atoms with E-state index in [9.17, 15) is 14.4 Å². The van der Waals surface area contributed by atoms with Gasteiger partial charge in [-0.2, -0.15) is 0 Å². The molecule has 1 aromatic heterocycles. The molecule has 2 amide bonds. The third-order valence-corrected chi connectivity index (χ3v) is 4.88. The number of hydrogen-bond donors (Lipinski definition) is 3. The molecule has 0 saturated heterocycles. The predicted molar refractivity (Wildman–Crippen MR) is 126 cm³/mol.